The molecule has 0 amide bonds. The highest BCUT2D eigenvalue weighted by atomic mass is 32.1. The molecule has 252 valence electrons. The Bertz CT molecular complexity index is 1620. The molecule has 6 unspecified atom stereocenters. The number of phenolic OH excluding ortho intramolecular Hbond substituents is 1. The molecule has 0 bridgehead atoms. The van der Waals surface area contributed by atoms with Gasteiger partial charge in [0.2, 0.25) is 0 Å². The molecule has 2 aromatic heterocycles. The number of Topliss-reactive ketones (excluding diaryl/α,β-unsaturated/α-hetero) is 1. The summed E-state index contributed by atoms with van der Waals surface area (Å²) in [7, 11) is 3.70. The number of aromatic hydroxyl groups is 1. The molecule has 7 N–H and O–H groups in total. The zero-order chi connectivity index (χ0) is 33.6. The summed E-state index contributed by atoms with van der Waals surface area (Å²) in [4.78, 5) is 22.8. The Morgan fingerprint density at radius 1 is 1.13 bits per heavy atom. The van der Waals surface area contributed by atoms with Crippen molar-refractivity contribution in [2.24, 2.45) is 33.9 Å². The lowest BCUT2D eigenvalue weighted by Gasteiger charge is -2.46. The Hall–Kier alpha value is -3.36. The number of anilines is 1. The molecule has 10 heteroatoms. The van der Waals surface area contributed by atoms with E-state index in [0.29, 0.717) is 24.8 Å². The number of ketones is 1. The van der Waals surface area contributed by atoms with Crippen LogP contribution in [-0.2, 0) is 6.42 Å². The van der Waals surface area contributed by atoms with Crippen LogP contribution >= 0.6 is 22.7 Å². The number of aliphatic imine (C=N–C) groups is 1. The molecule has 0 radical (unpaired) electrons. The molecule has 3 aromatic rings. The molecule has 0 aliphatic heterocycles. The maximum atomic E-state index is 14.4. The topological polar surface area (TPSA) is 132 Å². The number of aliphatic hydroxyl groups excluding tert-OH is 1. The Morgan fingerprint density at radius 2 is 1.91 bits per heavy atom. The summed E-state index contributed by atoms with van der Waals surface area (Å²) in [5, 5.41) is 30.4. The molecule has 0 saturated heterocycles. The van der Waals surface area contributed by atoms with E-state index in [-0.39, 0.29) is 34.8 Å². The lowest BCUT2D eigenvalue weighted by molar-refractivity contribution is 0.0390. The number of carbonyl (C=O) groups is 1. The van der Waals surface area contributed by atoms with E-state index in [4.69, 9.17) is 5.73 Å². The van der Waals surface area contributed by atoms with Crippen LogP contribution in [0, 0.1) is 35.0 Å². The van der Waals surface area contributed by atoms with Crippen LogP contribution in [0.1, 0.15) is 72.5 Å². The van der Waals surface area contributed by atoms with Crippen molar-refractivity contribution in [1.29, 1.82) is 0 Å². The largest absolute Gasteiger partial charge is 0.508 e. The van der Waals surface area contributed by atoms with E-state index in [0.717, 1.165) is 75.8 Å². The predicted molar refractivity (Wildman–Crippen MR) is 195 cm³/mol. The normalized spacial score (nSPS) is 24.0. The molecular formula is C37H49N5O3S2. The minimum Gasteiger partial charge on any atom is -0.508 e. The number of benzene rings is 1. The van der Waals surface area contributed by atoms with Crippen LogP contribution in [0.2, 0.25) is 0 Å². The molecule has 1 aromatic carbocycles. The SMILES string of the molecule is CC#Cc1ccc(-c2ccc(C(=O)C3CCC(C(Cc4cc(O)cc(NCC(C)O)c4)NC(N)=NC)CC34CCC(CNC)C4)s2)s1. The lowest BCUT2D eigenvalue weighted by atomic mass is 9.58. The second kappa shape index (κ2) is 15.7. The van der Waals surface area contributed by atoms with Crippen LogP contribution < -0.4 is 21.7 Å². The Morgan fingerprint density at radius 3 is 2.66 bits per heavy atom. The van der Waals surface area contributed by atoms with E-state index < -0.39 is 6.10 Å². The van der Waals surface area contributed by atoms with E-state index in [1.165, 1.54) is 0 Å². The van der Waals surface area contributed by atoms with E-state index in [1.54, 1.807) is 48.8 Å². The molecule has 1 spiro atoms. The highest BCUT2D eigenvalue weighted by Crippen LogP contribution is 2.57. The van der Waals surface area contributed by atoms with Crippen molar-refractivity contribution >= 4 is 40.1 Å². The molecule has 2 fully saturated rings. The standard InChI is InChI=1S/C37H49N5O3S2/c1-5-6-29-8-10-32(46-29)33-11-12-34(47-33)35(45)30-9-7-26(20-37(30)14-13-24(19-37)22-39-3)31(42-36(38)40-4)17-25-15-27(18-28(44)16-25)41-21-23(2)43/h8,10-12,15-16,18,23-24,26,30-31,39,41,43-44H,7,9,13-14,17,19-22H2,1-4H3,(H3,38,40,42). The van der Waals surface area contributed by atoms with Gasteiger partial charge in [0.25, 0.3) is 0 Å². The molecule has 47 heavy (non-hydrogen) atoms. The number of aliphatic hydroxyl groups is 1. The molecule has 2 heterocycles. The van der Waals surface area contributed by atoms with Crippen molar-refractivity contribution in [3.05, 3.63) is 57.8 Å². The molecule has 6 atom stereocenters. The molecule has 2 aliphatic carbocycles. The maximum Gasteiger partial charge on any atom is 0.188 e. The summed E-state index contributed by atoms with van der Waals surface area (Å²) in [5.74, 6) is 7.76. The number of nitrogens with one attached hydrogen (secondary N) is 3. The molecular weight excluding hydrogens is 627 g/mol. The number of hydrogen-bond donors (Lipinski definition) is 6. The number of phenols is 1. The van der Waals surface area contributed by atoms with Crippen LogP contribution in [0.15, 0.2) is 47.5 Å². The average Bonchev–Trinajstić information content (AvgIpc) is 3.80. The van der Waals surface area contributed by atoms with Crippen LogP contribution in [0.4, 0.5) is 5.69 Å². The number of thiophene rings is 2. The first-order valence-electron chi connectivity index (χ1n) is 16.7. The summed E-state index contributed by atoms with van der Waals surface area (Å²) >= 11 is 3.28. The zero-order valence-corrected chi connectivity index (χ0v) is 29.6. The number of carbonyl (C=O) groups excluding carboxylic acids is 1. The number of guanidine groups is 1. The van der Waals surface area contributed by atoms with Gasteiger partial charge in [0.15, 0.2) is 11.7 Å². The quantitative estimate of drug-likeness (QED) is 0.0592. The van der Waals surface area contributed by atoms with Gasteiger partial charge < -0.3 is 31.9 Å². The van der Waals surface area contributed by atoms with Gasteiger partial charge in [-0.1, -0.05) is 5.92 Å². The molecule has 8 nitrogen and oxygen atoms in total. The van der Waals surface area contributed by atoms with Crippen LogP contribution in [0.5, 0.6) is 5.75 Å². The van der Waals surface area contributed by atoms with Gasteiger partial charge in [0.1, 0.15) is 5.75 Å². The molecule has 5 rings (SSSR count). The molecule has 2 aliphatic rings. The Balaban J connectivity index is 1.40. The minimum atomic E-state index is -0.507. The van der Waals surface area contributed by atoms with Crippen molar-refractivity contribution in [3.63, 3.8) is 0 Å². The smallest absolute Gasteiger partial charge is 0.188 e. The van der Waals surface area contributed by atoms with Gasteiger partial charge in [-0.2, -0.15) is 0 Å². The Labute approximate surface area is 287 Å². The first-order chi connectivity index (χ1) is 22.6. The first kappa shape index (κ1) is 35.0. The fourth-order valence-corrected chi connectivity index (χ4v) is 9.88. The van der Waals surface area contributed by atoms with Crippen molar-refractivity contribution in [2.45, 2.75) is 70.9 Å². The summed E-state index contributed by atoms with van der Waals surface area (Å²) < 4.78 is 0. The minimum absolute atomic E-state index is 0.0195. The van der Waals surface area contributed by atoms with E-state index in [1.807, 2.05) is 26.1 Å². The predicted octanol–water partition coefficient (Wildman–Crippen LogP) is 6.10. The third-order valence-corrected chi connectivity index (χ3v) is 12.2. The van der Waals surface area contributed by atoms with Gasteiger partial charge in [-0.3, -0.25) is 9.79 Å². The molecule has 2 saturated carbocycles. The third-order valence-electron chi connectivity index (χ3n) is 9.91. The van der Waals surface area contributed by atoms with Crippen molar-refractivity contribution in [1.82, 2.24) is 10.6 Å². The number of nitrogens with zero attached hydrogens (tertiary/aromatic N) is 1. The maximum absolute atomic E-state index is 14.4. The lowest BCUT2D eigenvalue weighted by Crippen LogP contribution is -2.50. The fourth-order valence-electron chi connectivity index (χ4n) is 7.88. The summed E-state index contributed by atoms with van der Waals surface area (Å²) in [5.41, 5.74) is 7.94. The van der Waals surface area contributed by atoms with Gasteiger partial charge in [0.05, 0.1) is 15.9 Å². The van der Waals surface area contributed by atoms with Gasteiger partial charge >= 0.3 is 0 Å². The van der Waals surface area contributed by atoms with Crippen LogP contribution in [-0.4, -0.2) is 61.3 Å². The number of nitrogens with two attached hydrogens (primary N) is 1. The van der Waals surface area contributed by atoms with Crippen molar-refractivity contribution in [2.75, 3.05) is 32.5 Å². The monoisotopic (exact) mass is 675 g/mol. The third kappa shape index (κ3) is 8.57. The van der Waals surface area contributed by atoms with Crippen LogP contribution in [0.25, 0.3) is 9.75 Å². The van der Waals surface area contributed by atoms with Crippen LogP contribution in [0.3, 0.4) is 0 Å². The first-order valence-corrected chi connectivity index (χ1v) is 18.3. The van der Waals surface area contributed by atoms with Gasteiger partial charge in [-0.05, 0) is 132 Å². The highest BCUT2D eigenvalue weighted by Gasteiger charge is 2.52. The van der Waals surface area contributed by atoms with Crippen molar-refractivity contribution in [3.8, 4) is 27.3 Å². The van der Waals surface area contributed by atoms with Gasteiger partial charge in [-0.15, -0.1) is 28.6 Å². The summed E-state index contributed by atoms with van der Waals surface area (Å²) in [6.07, 6.45) is 6.00. The second-order valence-corrected chi connectivity index (χ2v) is 15.5. The Kier molecular flexibility index (Phi) is 11.7. The average molecular weight is 676 g/mol. The second-order valence-electron chi connectivity index (χ2n) is 13.4. The number of hydrogen-bond acceptors (Lipinski definition) is 8. The van der Waals surface area contributed by atoms with Crippen molar-refractivity contribution < 1.29 is 15.0 Å². The van der Waals surface area contributed by atoms with E-state index >= 15 is 0 Å². The van der Waals surface area contributed by atoms with Gasteiger partial charge in [-0.25, -0.2) is 0 Å². The highest BCUT2D eigenvalue weighted by molar-refractivity contribution is 7.23. The van der Waals surface area contributed by atoms with E-state index in [9.17, 15) is 15.0 Å². The summed E-state index contributed by atoms with van der Waals surface area (Å²) in [6.45, 7) is 4.93. The van der Waals surface area contributed by atoms with E-state index in [2.05, 4.69) is 51.0 Å². The van der Waals surface area contributed by atoms with Gasteiger partial charge in [0, 0.05) is 47.1 Å². The zero-order valence-electron chi connectivity index (χ0n) is 27.9. The fraction of sp³-hybridized carbons (Fsp3) is 0.514. The number of rotatable bonds is 12. The summed E-state index contributed by atoms with van der Waals surface area (Å²) in [6, 6.07) is 13.8.